The van der Waals surface area contributed by atoms with Crippen molar-refractivity contribution < 1.29 is 13.9 Å². The van der Waals surface area contributed by atoms with Gasteiger partial charge in [0.15, 0.2) is 0 Å². The summed E-state index contributed by atoms with van der Waals surface area (Å²) in [7, 11) is 1.19. The van der Waals surface area contributed by atoms with Gasteiger partial charge in [0, 0.05) is 0 Å². The Morgan fingerprint density at radius 1 is 1.62 bits per heavy atom. The summed E-state index contributed by atoms with van der Waals surface area (Å²) in [5, 5.41) is 8.71. The van der Waals surface area contributed by atoms with Crippen LogP contribution in [0.25, 0.3) is 6.08 Å². The molecule has 0 fully saturated rings. The molecule has 3 nitrogen and oxygen atoms in total. The summed E-state index contributed by atoms with van der Waals surface area (Å²) in [6.07, 6.45) is 1.33. The van der Waals surface area contributed by atoms with Crippen LogP contribution in [0.2, 0.25) is 0 Å². The van der Waals surface area contributed by atoms with Crippen LogP contribution in [-0.4, -0.2) is 13.1 Å². The number of rotatable bonds is 2. The average Bonchev–Trinajstić information content (AvgIpc) is 2.29. The number of nitrogens with zero attached hydrogens (tertiary/aromatic N) is 1. The summed E-state index contributed by atoms with van der Waals surface area (Å²) < 4.78 is 17.6. The second kappa shape index (κ2) is 5.42. The lowest BCUT2D eigenvalue weighted by atomic mass is 10.1. The first kappa shape index (κ1) is 12.4. The van der Waals surface area contributed by atoms with Gasteiger partial charge >= 0.3 is 5.97 Å². The molecule has 0 saturated heterocycles. The maximum atomic E-state index is 12.9. The number of esters is 1. The standard InChI is InChI=1S/C11H7BrFNO2/c1-16-11(15)8(6-14)4-7-2-3-10(13)9(12)5-7/h2-5H,1H3/b8-4+. The predicted octanol–water partition coefficient (Wildman–Crippen LogP) is 2.67. The highest BCUT2D eigenvalue weighted by atomic mass is 79.9. The molecule has 0 spiro atoms. The van der Waals surface area contributed by atoms with Crippen LogP contribution in [0.1, 0.15) is 5.56 Å². The van der Waals surface area contributed by atoms with E-state index in [1.165, 1.54) is 31.4 Å². The van der Waals surface area contributed by atoms with E-state index in [9.17, 15) is 9.18 Å². The Morgan fingerprint density at radius 2 is 2.31 bits per heavy atom. The number of methoxy groups -OCH3 is 1. The first-order valence-electron chi connectivity index (χ1n) is 4.23. The molecule has 0 aliphatic carbocycles. The third-order valence-corrected chi connectivity index (χ3v) is 2.39. The molecule has 0 heterocycles. The highest BCUT2D eigenvalue weighted by Crippen LogP contribution is 2.18. The summed E-state index contributed by atoms with van der Waals surface area (Å²) in [6.45, 7) is 0. The Labute approximate surface area is 100 Å². The predicted molar refractivity (Wildman–Crippen MR) is 59.7 cm³/mol. The van der Waals surface area contributed by atoms with Gasteiger partial charge in [0.25, 0.3) is 0 Å². The van der Waals surface area contributed by atoms with Crippen molar-refractivity contribution in [2.45, 2.75) is 0 Å². The van der Waals surface area contributed by atoms with Gasteiger partial charge in [0.1, 0.15) is 17.5 Å². The van der Waals surface area contributed by atoms with E-state index in [0.29, 0.717) is 5.56 Å². The number of nitriles is 1. The molecule has 0 aliphatic heterocycles. The van der Waals surface area contributed by atoms with Crippen molar-refractivity contribution in [1.82, 2.24) is 0 Å². The van der Waals surface area contributed by atoms with Crippen LogP contribution in [0.3, 0.4) is 0 Å². The van der Waals surface area contributed by atoms with Crippen LogP contribution >= 0.6 is 15.9 Å². The lowest BCUT2D eigenvalue weighted by Gasteiger charge is -1.99. The van der Waals surface area contributed by atoms with Gasteiger partial charge < -0.3 is 4.74 Å². The van der Waals surface area contributed by atoms with Crippen molar-refractivity contribution in [2.75, 3.05) is 7.11 Å². The Balaban J connectivity index is 3.10. The van der Waals surface area contributed by atoms with Crippen LogP contribution in [0.15, 0.2) is 28.2 Å². The molecule has 1 aromatic rings. The topological polar surface area (TPSA) is 50.1 Å². The third-order valence-electron chi connectivity index (χ3n) is 1.78. The smallest absolute Gasteiger partial charge is 0.348 e. The molecule has 0 bridgehead atoms. The van der Waals surface area contributed by atoms with Gasteiger partial charge in [0.05, 0.1) is 11.6 Å². The number of benzene rings is 1. The van der Waals surface area contributed by atoms with E-state index in [1.807, 2.05) is 0 Å². The van der Waals surface area contributed by atoms with Crippen LogP contribution in [0, 0.1) is 17.1 Å². The molecule has 5 heteroatoms. The van der Waals surface area contributed by atoms with Crippen molar-refractivity contribution in [1.29, 1.82) is 5.26 Å². The van der Waals surface area contributed by atoms with Crippen molar-refractivity contribution in [3.05, 3.63) is 39.6 Å². The van der Waals surface area contributed by atoms with Gasteiger partial charge in [0.2, 0.25) is 0 Å². The van der Waals surface area contributed by atoms with E-state index >= 15 is 0 Å². The SMILES string of the molecule is COC(=O)/C(C#N)=C/c1ccc(F)c(Br)c1. The van der Waals surface area contributed by atoms with Crippen LogP contribution in [-0.2, 0) is 9.53 Å². The van der Waals surface area contributed by atoms with Gasteiger partial charge in [-0.05, 0) is 39.7 Å². The zero-order valence-corrected chi connectivity index (χ0v) is 9.92. The van der Waals surface area contributed by atoms with Crippen LogP contribution in [0.5, 0.6) is 0 Å². The van der Waals surface area contributed by atoms with Gasteiger partial charge in [-0.25, -0.2) is 9.18 Å². The molecule has 0 atom stereocenters. The molecule has 0 unspecified atom stereocenters. The molecule has 1 rings (SSSR count). The number of halogens is 2. The first-order chi connectivity index (χ1) is 7.58. The Morgan fingerprint density at radius 3 is 2.81 bits per heavy atom. The summed E-state index contributed by atoms with van der Waals surface area (Å²) in [5.74, 6) is -1.13. The van der Waals surface area contributed by atoms with Crippen molar-refractivity contribution >= 4 is 28.0 Å². The van der Waals surface area contributed by atoms with Crippen molar-refractivity contribution in [3.63, 3.8) is 0 Å². The number of ether oxygens (including phenoxy) is 1. The van der Waals surface area contributed by atoms with E-state index in [0.717, 1.165) is 0 Å². The summed E-state index contributed by atoms with van der Waals surface area (Å²) in [5.41, 5.74) is 0.399. The maximum Gasteiger partial charge on any atom is 0.348 e. The second-order valence-corrected chi connectivity index (χ2v) is 3.69. The molecule has 0 aliphatic rings. The molecule has 16 heavy (non-hydrogen) atoms. The summed E-state index contributed by atoms with van der Waals surface area (Å²) >= 11 is 3.01. The third kappa shape index (κ3) is 2.91. The highest BCUT2D eigenvalue weighted by molar-refractivity contribution is 9.10. The zero-order valence-electron chi connectivity index (χ0n) is 8.33. The number of carbonyl (C=O) groups excluding carboxylic acids is 1. The fraction of sp³-hybridized carbons (Fsp3) is 0.0909. The van der Waals surface area contributed by atoms with Gasteiger partial charge in [-0.1, -0.05) is 6.07 Å². The Bertz CT molecular complexity index is 491. The minimum absolute atomic E-state index is 0.138. The van der Waals surface area contributed by atoms with E-state index in [1.54, 1.807) is 6.07 Å². The van der Waals surface area contributed by atoms with E-state index in [4.69, 9.17) is 5.26 Å². The lowest BCUT2D eigenvalue weighted by molar-refractivity contribution is -0.135. The minimum Gasteiger partial charge on any atom is -0.465 e. The van der Waals surface area contributed by atoms with E-state index in [-0.39, 0.29) is 10.0 Å². The van der Waals surface area contributed by atoms with E-state index in [2.05, 4.69) is 20.7 Å². The van der Waals surface area contributed by atoms with Gasteiger partial charge in [-0.3, -0.25) is 0 Å². The molecule has 0 saturated carbocycles. The monoisotopic (exact) mass is 283 g/mol. The van der Waals surface area contributed by atoms with Crippen molar-refractivity contribution in [3.8, 4) is 6.07 Å². The van der Waals surface area contributed by atoms with Crippen LogP contribution < -0.4 is 0 Å². The van der Waals surface area contributed by atoms with Crippen LogP contribution in [0.4, 0.5) is 4.39 Å². The number of carbonyl (C=O) groups is 1. The summed E-state index contributed by atoms with van der Waals surface area (Å²) in [6, 6.07) is 5.88. The quantitative estimate of drug-likeness (QED) is 0.476. The second-order valence-electron chi connectivity index (χ2n) is 2.83. The molecular formula is C11H7BrFNO2. The fourth-order valence-corrected chi connectivity index (χ4v) is 1.41. The molecule has 0 radical (unpaired) electrons. The normalized spacial score (nSPS) is 10.8. The Kier molecular flexibility index (Phi) is 4.20. The molecular weight excluding hydrogens is 277 g/mol. The molecule has 0 amide bonds. The van der Waals surface area contributed by atoms with Crippen molar-refractivity contribution in [2.24, 2.45) is 0 Å². The number of hydrogen-bond donors (Lipinski definition) is 0. The molecule has 0 aromatic heterocycles. The molecule has 0 N–H and O–H groups in total. The molecule has 1 aromatic carbocycles. The highest BCUT2D eigenvalue weighted by Gasteiger charge is 2.08. The Hall–Kier alpha value is -1.67. The van der Waals surface area contributed by atoms with Gasteiger partial charge in [-0.2, -0.15) is 5.26 Å². The first-order valence-corrected chi connectivity index (χ1v) is 5.03. The zero-order chi connectivity index (χ0) is 12.1. The fourth-order valence-electron chi connectivity index (χ4n) is 1.02. The average molecular weight is 284 g/mol. The van der Waals surface area contributed by atoms with Gasteiger partial charge in [-0.15, -0.1) is 0 Å². The minimum atomic E-state index is -0.719. The largest absolute Gasteiger partial charge is 0.465 e. The van der Waals surface area contributed by atoms with E-state index < -0.39 is 11.8 Å². The maximum absolute atomic E-state index is 12.9. The summed E-state index contributed by atoms with van der Waals surface area (Å²) in [4.78, 5) is 11.1. The number of hydrogen-bond acceptors (Lipinski definition) is 3. The molecule has 82 valence electrons. The lowest BCUT2D eigenvalue weighted by Crippen LogP contribution is -2.02.